The molecule has 0 aromatic rings. The van der Waals surface area contributed by atoms with Crippen LogP contribution in [0.5, 0.6) is 0 Å². The highest BCUT2D eigenvalue weighted by atomic mass is 14.5. The predicted molar refractivity (Wildman–Crippen MR) is 50.5 cm³/mol. The summed E-state index contributed by atoms with van der Waals surface area (Å²) in [5.41, 5.74) is 0.355. The van der Waals surface area contributed by atoms with Gasteiger partial charge in [-0.3, -0.25) is 0 Å². The zero-order valence-electron chi connectivity index (χ0n) is 8.43. The lowest BCUT2D eigenvalue weighted by atomic mass is 9.73. The van der Waals surface area contributed by atoms with Crippen LogP contribution in [0.1, 0.15) is 46.5 Å². The van der Waals surface area contributed by atoms with Crippen molar-refractivity contribution in [2.45, 2.75) is 46.5 Å². The molecule has 0 N–H and O–H groups in total. The van der Waals surface area contributed by atoms with Gasteiger partial charge in [-0.2, -0.15) is 5.26 Å². The van der Waals surface area contributed by atoms with Gasteiger partial charge >= 0.3 is 0 Å². The molecule has 1 nitrogen and oxygen atoms in total. The summed E-state index contributed by atoms with van der Waals surface area (Å²) in [6, 6.07) is 2.42. The van der Waals surface area contributed by atoms with Crippen LogP contribution in [0.2, 0.25) is 0 Å². The molecule has 1 saturated carbocycles. The van der Waals surface area contributed by atoms with Crippen LogP contribution in [0.3, 0.4) is 0 Å². The van der Waals surface area contributed by atoms with Crippen LogP contribution < -0.4 is 0 Å². The van der Waals surface area contributed by atoms with E-state index in [1.165, 1.54) is 25.7 Å². The minimum absolute atomic E-state index is 0.243. The highest BCUT2D eigenvalue weighted by molar-refractivity contribution is 4.98. The van der Waals surface area contributed by atoms with E-state index in [1.807, 2.05) is 0 Å². The maximum absolute atomic E-state index is 8.93. The van der Waals surface area contributed by atoms with E-state index in [0.717, 1.165) is 5.92 Å². The van der Waals surface area contributed by atoms with Crippen molar-refractivity contribution in [1.29, 1.82) is 5.26 Å². The van der Waals surface area contributed by atoms with Crippen molar-refractivity contribution in [3.63, 3.8) is 0 Å². The second-order valence-corrected chi connectivity index (χ2v) is 4.41. The molecule has 0 radical (unpaired) electrons. The van der Waals surface area contributed by atoms with Crippen molar-refractivity contribution < 1.29 is 0 Å². The van der Waals surface area contributed by atoms with Crippen molar-refractivity contribution in [3.05, 3.63) is 0 Å². The molecule has 1 fully saturated rings. The Balaban J connectivity index is 2.72. The van der Waals surface area contributed by atoms with Crippen molar-refractivity contribution in [1.82, 2.24) is 0 Å². The van der Waals surface area contributed by atoms with Crippen LogP contribution in [0.4, 0.5) is 0 Å². The first-order valence-corrected chi connectivity index (χ1v) is 5.04. The van der Waals surface area contributed by atoms with Crippen molar-refractivity contribution in [2.75, 3.05) is 0 Å². The van der Waals surface area contributed by atoms with Gasteiger partial charge in [0.2, 0.25) is 0 Å². The highest BCUT2D eigenvalue weighted by Crippen LogP contribution is 2.49. The average molecular weight is 165 g/mol. The zero-order valence-corrected chi connectivity index (χ0v) is 8.43. The van der Waals surface area contributed by atoms with Crippen molar-refractivity contribution >= 4 is 0 Å². The standard InChI is InChI=1S/C11H19N/c1-4-11(10(3)8-12)6-5-9(2)7-11/h9-10H,4-7H2,1-3H3/t9-,10+,11+/m1/s1. The minimum atomic E-state index is 0.243. The smallest absolute Gasteiger partial charge is 0.0658 e. The molecule has 0 unspecified atom stereocenters. The Kier molecular flexibility index (Phi) is 2.77. The third kappa shape index (κ3) is 1.48. The largest absolute Gasteiger partial charge is 0.198 e. The van der Waals surface area contributed by atoms with Gasteiger partial charge in [-0.15, -0.1) is 0 Å². The second kappa shape index (κ2) is 3.47. The lowest BCUT2D eigenvalue weighted by Crippen LogP contribution is -2.23. The van der Waals surface area contributed by atoms with Gasteiger partial charge in [-0.25, -0.2) is 0 Å². The quantitative estimate of drug-likeness (QED) is 0.615. The molecule has 1 heteroatoms. The fourth-order valence-electron chi connectivity index (χ4n) is 2.59. The summed E-state index contributed by atoms with van der Waals surface area (Å²) in [4.78, 5) is 0. The molecule has 0 heterocycles. The van der Waals surface area contributed by atoms with Gasteiger partial charge in [0, 0.05) is 5.92 Å². The molecule has 1 rings (SSSR count). The highest BCUT2D eigenvalue weighted by Gasteiger charge is 2.40. The number of nitriles is 1. The first-order chi connectivity index (χ1) is 5.64. The molecule has 0 aliphatic heterocycles. The van der Waals surface area contributed by atoms with E-state index in [-0.39, 0.29) is 5.92 Å². The van der Waals surface area contributed by atoms with E-state index >= 15 is 0 Å². The first kappa shape index (κ1) is 9.58. The van der Waals surface area contributed by atoms with E-state index in [9.17, 15) is 0 Å². The summed E-state index contributed by atoms with van der Waals surface area (Å²) >= 11 is 0. The molecule has 12 heavy (non-hydrogen) atoms. The molecule has 1 aliphatic carbocycles. The molecule has 0 saturated heterocycles. The Bertz CT molecular complexity index is 192. The zero-order chi connectivity index (χ0) is 9.19. The molecule has 0 aromatic carbocycles. The predicted octanol–water partition coefficient (Wildman–Crippen LogP) is 3.36. The molecule has 0 amide bonds. The fraction of sp³-hybridized carbons (Fsp3) is 0.909. The van der Waals surface area contributed by atoms with Crippen LogP contribution in [0, 0.1) is 28.6 Å². The summed E-state index contributed by atoms with van der Waals surface area (Å²) in [5, 5.41) is 8.93. The van der Waals surface area contributed by atoms with Gasteiger partial charge in [0.15, 0.2) is 0 Å². The fourth-order valence-corrected chi connectivity index (χ4v) is 2.59. The second-order valence-electron chi connectivity index (χ2n) is 4.41. The van der Waals surface area contributed by atoms with E-state index in [1.54, 1.807) is 0 Å². The Labute approximate surface area is 75.8 Å². The number of rotatable bonds is 2. The van der Waals surface area contributed by atoms with Crippen LogP contribution in [0.25, 0.3) is 0 Å². The van der Waals surface area contributed by atoms with Crippen LogP contribution in [0.15, 0.2) is 0 Å². The average Bonchev–Trinajstić information content (AvgIpc) is 2.47. The van der Waals surface area contributed by atoms with Crippen LogP contribution in [-0.4, -0.2) is 0 Å². The maximum atomic E-state index is 8.93. The molecular weight excluding hydrogens is 146 g/mol. The van der Waals surface area contributed by atoms with Crippen molar-refractivity contribution in [2.24, 2.45) is 17.3 Å². The monoisotopic (exact) mass is 165 g/mol. The van der Waals surface area contributed by atoms with Gasteiger partial charge in [0.05, 0.1) is 6.07 Å². The summed E-state index contributed by atoms with van der Waals surface area (Å²) < 4.78 is 0. The third-order valence-electron chi connectivity index (χ3n) is 3.71. The molecule has 0 bridgehead atoms. The van der Waals surface area contributed by atoms with Gasteiger partial charge < -0.3 is 0 Å². The van der Waals surface area contributed by atoms with Gasteiger partial charge in [0.1, 0.15) is 0 Å². The maximum Gasteiger partial charge on any atom is 0.0658 e. The number of hydrogen-bond acceptors (Lipinski definition) is 1. The normalized spacial score (nSPS) is 37.7. The summed E-state index contributed by atoms with van der Waals surface area (Å²) in [6.07, 6.45) is 5.02. The third-order valence-corrected chi connectivity index (χ3v) is 3.71. The lowest BCUT2D eigenvalue weighted by molar-refractivity contribution is 0.208. The van der Waals surface area contributed by atoms with Crippen molar-refractivity contribution in [3.8, 4) is 6.07 Å². The lowest BCUT2D eigenvalue weighted by Gasteiger charge is -2.30. The molecule has 68 valence electrons. The molecule has 1 aliphatic rings. The van der Waals surface area contributed by atoms with Crippen LogP contribution >= 0.6 is 0 Å². The minimum Gasteiger partial charge on any atom is -0.198 e. The Morgan fingerprint density at radius 3 is 2.67 bits per heavy atom. The number of hydrogen-bond donors (Lipinski definition) is 0. The summed E-state index contributed by atoms with van der Waals surface area (Å²) in [7, 11) is 0. The Morgan fingerprint density at radius 2 is 2.33 bits per heavy atom. The summed E-state index contributed by atoms with van der Waals surface area (Å²) in [5.74, 6) is 1.08. The van der Waals surface area contributed by atoms with E-state index < -0.39 is 0 Å². The molecule has 0 aromatic heterocycles. The molecule has 0 spiro atoms. The van der Waals surface area contributed by atoms with Gasteiger partial charge in [-0.1, -0.05) is 20.3 Å². The molecule has 3 atom stereocenters. The Hall–Kier alpha value is -0.510. The van der Waals surface area contributed by atoms with Gasteiger partial charge in [-0.05, 0) is 37.5 Å². The first-order valence-electron chi connectivity index (χ1n) is 5.04. The molecular formula is C11H19N. The topological polar surface area (TPSA) is 23.8 Å². The number of nitrogens with zero attached hydrogens (tertiary/aromatic N) is 1. The van der Waals surface area contributed by atoms with E-state index in [0.29, 0.717) is 5.41 Å². The van der Waals surface area contributed by atoms with E-state index in [2.05, 4.69) is 26.8 Å². The summed E-state index contributed by atoms with van der Waals surface area (Å²) in [6.45, 7) is 6.62. The van der Waals surface area contributed by atoms with Gasteiger partial charge in [0.25, 0.3) is 0 Å². The Morgan fingerprint density at radius 1 is 1.67 bits per heavy atom. The van der Waals surface area contributed by atoms with E-state index in [4.69, 9.17) is 5.26 Å². The van der Waals surface area contributed by atoms with Crippen LogP contribution in [-0.2, 0) is 0 Å². The SMILES string of the molecule is CC[C@]1([C@@H](C)C#N)CC[C@@H](C)C1.